The summed E-state index contributed by atoms with van der Waals surface area (Å²) in [5, 5.41) is 14.3. The Kier molecular flexibility index (Phi) is 10.9. The van der Waals surface area contributed by atoms with Crippen molar-refractivity contribution < 1.29 is 36.7 Å². The monoisotopic (exact) mass is 728 g/mol. The van der Waals surface area contributed by atoms with E-state index in [-0.39, 0.29) is 30.7 Å². The van der Waals surface area contributed by atoms with Crippen LogP contribution in [0.3, 0.4) is 0 Å². The number of anilines is 4. The summed E-state index contributed by atoms with van der Waals surface area (Å²) in [7, 11) is 0. The molecule has 0 radical (unpaired) electrons. The van der Waals surface area contributed by atoms with Crippen LogP contribution in [0, 0.1) is 11.2 Å². The zero-order chi connectivity index (χ0) is 36.8. The number of aromatic nitrogens is 3. The van der Waals surface area contributed by atoms with Crippen LogP contribution in [-0.2, 0) is 15.1 Å². The number of benzene rings is 3. The fraction of sp³-hybridized carbons (Fsp3) is 0.294. The van der Waals surface area contributed by atoms with Gasteiger partial charge in [0.05, 0.1) is 5.54 Å². The molecule has 3 aromatic carbocycles. The maximum atomic E-state index is 13.4. The summed E-state index contributed by atoms with van der Waals surface area (Å²) in [6, 6.07) is 17.9. The molecule has 4 aromatic rings. The van der Waals surface area contributed by atoms with Gasteiger partial charge in [0, 0.05) is 35.1 Å². The molecule has 0 bridgehead atoms. The third kappa shape index (κ3) is 10.7. The standard InChI is InChI=1S/C34H33ClF4N8O4/c1-32(2,18-41-27(49)28(50)42-25-5-3-4-23(36)16-25)17-40-26(48)20-6-12-24(13-7-20)43-29-44-30(46-31(45-29)51-19-34(37,38)39)47-33(14-15-33)21-8-10-22(35)11-9-21/h3-13,16H,14-15,17-19H2,1-2H3,(H,40,48)(H,41,49)(H,42,50)(H2,43,44,45,46,47). The number of nitrogens with one attached hydrogen (secondary N) is 5. The molecule has 5 rings (SSSR count). The fourth-order valence-corrected chi connectivity index (χ4v) is 4.87. The number of ether oxygens (including phenoxy) is 1. The van der Waals surface area contributed by atoms with Crippen LogP contribution in [0.25, 0.3) is 0 Å². The summed E-state index contributed by atoms with van der Waals surface area (Å²) < 4.78 is 56.9. The molecule has 0 unspecified atom stereocenters. The Hall–Kier alpha value is -5.51. The Morgan fingerprint density at radius 2 is 1.51 bits per heavy atom. The van der Waals surface area contributed by atoms with Crippen LogP contribution in [0.1, 0.15) is 42.6 Å². The van der Waals surface area contributed by atoms with E-state index in [4.69, 9.17) is 16.3 Å². The van der Waals surface area contributed by atoms with E-state index in [0.29, 0.717) is 16.3 Å². The summed E-state index contributed by atoms with van der Waals surface area (Å²) >= 11 is 6.02. The molecule has 51 heavy (non-hydrogen) atoms. The van der Waals surface area contributed by atoms with Crippen molar-refractivity contribution in [2.24, 2.45) is 5.41 Å². The summed E-state index contributed by atoms with van der Waals surface area (Å²) in [6.45, 7) is 2.13. The number of amides is 3. The first-order valence-corrected chi connectivity index (χ1v) is 16.0. The molecule has 1 aliphatic rings. The molecule has 0 saturated heterocycles. The Labute approximate surface area is 294 Å². The minimum atomic E-state index is -4.61. The normalized spacial score (nSPS) is 13.5. The van der Waals surface area contributed by atoms with Crippen LogP contribution >= 0.6 is 11.6 Å². The van der Waals surface area contributed by atoms with E-state index < -0.39 is 53.3 Å². The van der Waals surface area contributed by atoms with Crippen LogP contribution < -0.4 is 31.3 Å². The lowest BCUT2D eigenvalue weighted by Crippen LogP contribution is -2.44. The zero-order valence-electron chi connectivity index (χ0n) is 27.3. The number of carbonyl (C=O) groups is 3. The first kappa shape index (κ1) is 36.8. The molecule has 0 spiro atoms. The van der Waals surface area contributed by atoms with Crippen molar-refractivity contribution in [1.82, 2.24) is 25.6 Å². The number of nitrogens with zero attached hydrogens (tertiary/aromatic N) is 3. The Morgan fingerprint density at radius 3 is 2.16 bits per heavy atom. The molecule has 17 heteroatoms. The maximum Gasteiger partial charge on any atom is 0.422 e. The second-order valence-corrected chi connectivity index (χ2v) is 13.0. The van der Waals surface area contributed by atoms with E-state index in [1.807, 2.05) is 12.1 Å². The van der Waals surface area contributed by atoms with E-state index in [1.165, 1.54) is 30.3 Å². The Bertz CT molecular complexity index is 1890. The number of hydrogen-bond donors (Lipinski definition) is 5. The highest BCUT2D eigenvalue weighted by Gasteiger charge is 2.45. The topological polar surface area (TPSA) is 159 Å². The number of alkyl halides is 3. The third-order valence-electron chi connectivity index (χ3n) is 7.62. The molecule has 1 fully saturated rings. The van der Waals surface area contributed by atoms with E-state index in [9.17, 15) is 31.9 Å². The van der Waals surface area contributed by atoms with Crippen molar-refractivity contribution in [2.45, 2.75) is 38.4 Å². The molecule has 0 atom stereocenters. The van der Waals surface area contributed by atoms with Gasteiger partial charge in [-0.1, -0.05) is 43.6 Å². The molecule has 1 heterocycles. The third-order valence-corrected chi connectivity index (χ3v) is 7.88. The van der Waals surface area contributed by atoms with Gasteiger partial charge in [-0.05, 0) is 78.4 Å². The molecule has 1 saturated carbocycles. The van der Waals surface area contributed by atoms with Crippen molar-refractivity contribution in [3.63, 3.8) is 0 Å². The fourth-order valence-electron chi connectivity index (χ4n) is 4.75. The van der Waals surface area contributed by atoms with Gasteiger partial charge in [-0.3, -0.25) is 14.4 Å². The van der Waals surface area contributed by atoms with Crippen molar-refractivity contribution in [3.05, 3.63) is 94.8 Å². The largest absolute Gasteiger partial charge is 0.454 e. The van der Waals surface area contributed by atoms with Crippen LogP contribution in [-0.4, -0.2) is 58.5 Å². The van der Waals surface area contributed by atoms with Gasteiger partial charge in [0.1, 0.15) is 5.82 Å². The highest BCUT2D eigenvalue weighted by Crippen LogP contribution is 2.48. The van der Waals surface area contributed by atoms with Gasteiger partial charge < -0.3 is 31.3 Å². The van der Waals surface area contributed by atoms with E-state index in [2.05, 4.69) is 41.5 Å². The van der Waals surface area contributed by atoms with Gasteiger partial charge in [0.2, 0.25) is 11.9 Å². The van der Waals surface area contributed by atoms with Gasteiger partial charge in [-0.2, -0.15) is 28.1 Å². The van der Waals surface area contributed by atoms with E-state index in [1.54, 1.807) is 38.1 Å². The molecule has 3 amide bonds. The predicted octanol–water partition coefficient (Wildman–Crippen LogP) is 5.96. The van der Waals surface area contributed by atoms with Gasteiger partial charge >= 0.3 is 24.0 Å². The van der Waals surface area contributed by atoms with E-state index >= 15 is 0 Å². The lowest BCUT2D eigenvalue weighted by Gasteiger charge is -2.25. The maximum absolute atomic E-state index is 13.4. The summed E-state index contributed by atoms with van der Waals surface area (Å²) in [4.78, 5) is 49.7. The van der Waals surface area contributed by atoms with Gasteiger partial charge in [-0.25, -0.2) is 4.39 Å². The molecule has 0 aliphatic heterocycles. The second-order valence-electron chi connectivity index (χ2n) is 12.6. The van der Waals surface area contributed by atoms with Crippen LogP contribution in [0.15, 0.2) is 72.8 Å². The SMILES string of the molecule is CC(C)(CNC(=O)C(=O)Nc1cccc(F)c1)CNC(=O)c1ccc(Nc2nc(NC3(c4ccc(Cl)cc4)CC3)nc(OCC(F)(F)F)n2)cc1. The number of halogens is 5. The van der Waals surface area contributed by atoms with Crippen molar-refractivity contribution in [2.75, 3.05) is 35.6 Å². The molecule has 1 aromatic heterocycles. The number of carbonyl (C=O) groups excluding carboxylic acids is 3. The summed E-state index contributed by atoms with van der Waals surface area (Å²) in [5.74, 6) is -2.97. The van der Waals surface area contributed by atoms with Crippen LogP contribution in [0.4, 0.5) is 40.8 Å². The van der Waals surface area contributed by atoms with Crippen molar-refractivity contribution >= 4 is 52.6 Å². The lowest BCUT2D eigenvalue weighted by atomic mass is 9.93. The predicted molar refractivity (Wildman–Crippen MR) is 181 cm³/mol. The van der Waals surface area contributed by atoms with Crippen LogP contribution in [0.5, 0.6) is 6.01 Å². The average molecular weight is 729 g/mol. The van der Waals surface area contributed by atoms with Crippen molar-refractivity contribution in [1.29, 1.82) is 0 Å². The molecule has 1 aliphatic carbocycles. The Balaban J connectivity index is 1.17. The number of hydrogen-bond acceptors (Lipinski definition) is 9. The summed E-state index contributed by atoms with van der Waals surface area (Å²) in [6.07, 6.45) is -3.16. The first-order chi connectivity index (χ1) is 24.1. The van der Waals surface area contributed by atoms with Gasteiger partial charge in [0.25, 0.3) is 5.91 Å². The average Bonchev–Trinajstić information content (AvgIpc) is 3.85. The highest BCUT2D eigenvalue weighted by atomic mass is 35.5. The summed E-state index contributed by atoms with van der Waals surface area (Å²) in [5.41, 5.74) is 0.568. The quantitative estimate of drug-likeness (QED) is 0.0827. The van der Waals surface area contributed by atoms with Gasteiger partial charge in [0.15, 0.2) is 6.61 Å². The lowest BCUT2D eigenvalue weighted by molar-refractivity contribution is -0.154. The minimum Gasteiger partial charge on any atom is -0.454 e. The molecule has 268 valence electrons. The minimum absolute atomic E-state index is 0.000796. The first-order valence-electron chi connectivity index (χ1n) is 15.6. The molecule has 12 nitrogen and oxygen atoms in total. The Morgan fingerprint density at radius 1 is 0.843 bits per heavy atom. The zero-order valence-corrected chi connectivity index (χ0v) is 28.1. The van der Waals surface area contributed by atoms with Crippen molar-refractivity contribution in [3.8, 4) is 6.01 Å². The highest BCUT2D eigenvalue weighted by molar-refractivity contribution is 6.39. The molecular weight excluding hydrogens is 696 g/mol. The van der Waals surface area contributed by atoms with E-state index in [0.717, 1.165) is 24.5 Å². The molecule has 5 N–H and O–H groups in total. The molecular formula is C34H33ClF4N8O4. The smallest absolute Gasteiger partial charge is 0.422 e. The number of rotatable bonds is 13. The van der Waals surface area contributed by atoms with Gasteiger partial charge in [-0.15, -0.1) is 0 Å². The van der Waals surface area contributed by atoms with Crippen LogP contribution in [0.2, 0.25) is 5.02 Å². The second kappa shape index (κ2) is 15.2.